The Morgan fingerprint density at radius 2 is 1.87 bits per heavy atom. The van der Waals surface area contributed by atoms with Crippen molar-refractivity contribution in [3.05, 3.63) is 55.1 Å². The molecule has 0 heterocycles. The predicted octanol–water partition coefficient (Wildman–Crippen LogP) is 4.46. The van der Waals surface area contributed by atoms with Crippen LogP contribution >= 0.6 is 0 Å². The predicted molar refractivity (Wildman–Crippen MR) is 124 cm³/mol. The molecule has 164 valence electrons. The Morgan fingerprint density at radius 1 is 1.17 bits per heavy atom. The van der Waals surface area contributed by atoms with Crippen LogP contribution in [0.4, 0.5) is 0 Å². The van der Waals surface area contributed by atoms with Gasteiger partial charge in [-0.05, 0) is 55.4 Å². The van der Waals surface area contributed by atoms with Gasteiger partial charge in [0.05, 0.1) is 7.11 Å². The number of nitrogens with one attached hydrogen (secondary N) is 1. The molecule has 0 bridgehead atoms. The molecule has 0 unspecified atom stereocenters. The monoisotopic (exact) mass is 412 g/mol. The van der Waals surface area contributed by atoms with Crippen molar-refractivity contribution in [3.8, 4) is 11.5 Å². The van der Waals surface area contributed by atoms with Gasteiger partial charge in [-0.1, -0.05) is 25.1 Å². The molecule has 0 saturated heterocycles. The number of carbonyl (C=O) groups is 1. The van der Waals surface area contributed by atoms with E-state index in [-0.39, 0.29) is 5.91 Å². The number of rotatable bonds is 12. The molecule has 1 N–H and O–H groups in total. The lowest BCUT2D eigenvalue weighted by atomic mass is 9.87. The fourth-order valence-electron chi connectivity index (χ4n) is 3.64. The van der Waals surface area contributed by atoms with E-state index in [1.54, 1.807) is 13.2 Å². The molecule has 2 rings (SSSR count). The molecule has 1 aromatic rings. The van der Waals surface area contributed by atoms with E-state index < -0.39 is 0 Å². The van der Waals surface area contributed by atoms with Crippen molar-refractivity contribution in [1.29, 1.82) is 0 Å². The zero-order valence-corrected chi connectivity index (χ0v) is 18.4. The maximum atomic E-state index is 12.2. The number of benzene rings is 1. The molecule has 0 aromatic heterocycles. The first-order valence-corrected chi connectivity index (χ1v) is 10.8. The molecule has 30 heavy (non-hydrogen) atoms. The summed E-state index contributed by atoms with van der Waals surface area (Å²) < 4.78 is 11.4. The van der Waals surface area contributed by atoms with Crippen molar-refractivity contribution in [2.45, 2.75) is 38.6 Å². The third-order valence-corrected chi connectivity index (χ3v) is 5.42. The Kier molecular flexibility index (Phi) is 10.2. The van der Waals surface area contributed by atoms with Crippen molar-refractivity contribution in [3.63, 3.8) is 0 Å². The molecule has 0 atom stereocenters. The van der Waals surface area contributed by atoms with Crippen molar-refractivity contribution in [2.75, 3.05) is 33.4 Å². The van der Waals surface area contributed by atoms with Gasteiger partial charge in [-0.3, -0.25) is 9.69 Å². The minimum absolute atomic E-state index is 0.0432. The molecule has 5 nitrogen and oxygen atoms in total. The maximum Gasteiger partial charge on any atom is 0.244 e. The van der Waals surface area contributed by atoms with E-state index in [2.05, 4.69) is 30.3 Å². The lowest BCUT2D eigenvalue weighted by molar-refractivity contribution is -0.117. The highest BCUT2D eigenvalue weighted by Gasteiger charge is 2.18. The third-order valence-electron chi connectivity index (χ3n) is 5.42. The van der Waals surface area contributed by atoms with Crippen molar-refractivity contribution < 1.29 is 14.3 Å². The zero-order valence-electron chi connectivity index (χ0n) is 18.4. The van der Waals surface area contributed by atoms with Gasteiger partial charge in [0.1, 0.15) is 6.61 Å². The largest absolute Gasteiger partial charge is 0.493 e. The van der Waals surface area contributed by atoms with Gasteiger partial charge in [0.25, 0.3) is 0 Å². The first-order chi connectivity index (χ1) is 14.5. The first-order valence-electron chi connectivity index (χ1n) is 10.8. The van der Waals surface area contributed by atoms with Crippen LogP contribution in [0.2, 0.25) is 0 Å². The lowest BCUT2D eigenvalue weighted by Crippen LogP contribution is -2.36. The molecule has 0 radical (unpaired) electrons. The van der Waals surface area contributed by atoms with Crippen LogP contribution in [0, 0.1) is 5.92 Å². The maximum absolute atomic E-state index is 12.2. The van der Waals surface area contributed by atoms with Gasteiger partial charge >= 0.3 is 0 Å². The first kappa shape index (κ1) is 23.7. The fraction of sp³-hybridized carbons (Fsp3) is 0.480. The summed E-state index contributed by atoms with van der Waals surface area (Å²) in [5.74, 6) is 2.07. The summed E-state index contributed by atoms with van der Waals surface area (Å²) in [5.41, 5.74) is 0.895. The summed E-state index contributed by atoms with van der Waals surface area (Å²) in [4.78, 5) is 14.4. The highest BCUT2D eigenvalue weighted by molar-refractivity contribution is 5.92. The zero-order chi connectivity index (χ0) is 21.8. The Morgan fingerprint density at radius 3 is 2.50 bits per heavy atom. The molecule has 5 heteroatoms. The van der Waals surface area contributed by atoms with Gasteiger partial charge < -0.3 is 14.8 Å². The second-order valence-electron chi connectivity index (χ2n) is 7.89. The summed E-state index contributed by atoms with van der Waals surface area (Å²) in [7, 11) is 1.62. The molecular formula is C25H36N2O3. The highest BCUT2D eigenvalue weighted by Crippen LogP contribution is 2.28. The van der Waals surface area contributed by atoms with Crippen LogP contribution in [0.1, 0.15) is 38.2 Å². The van der Waals surface area contributed by atoms with E-state index in [9.17, 15) is 4.79 Å². The van der Waals surface area contributed by atoms with Crippen LogP contribution in [0.25, 0.3) is 6.08 Å². The molecular weight excluding hydrogens is 376 g/mol. The van der Waals surface area contributed by atoms with E-state index in [0.29, 0.717) is 24.1 Å². The average Bonchev–Trinajstić information content (AvgIpc) is 2.74. The molecule has 1 saturated carbocycles. The summed E-state index contributed by atoms with van der Waals surface area (Å²) in [5, 5.41) is 3.11. The van der Waals surface area contributed by atoms with Crippen LogP contribution in [0.5, 0.6) is 11.5 Å². The van der Waals surface area contributed by atoms with Crippen LogP contribution in [-0.4, -0.2) is 50.2 Å². The quantitative estimate of drug-likeness (QED) is 0.407. The van der Waals surface area contributed by atoms with Gasteiger partial charge in [-0.25, -0.2) is 0 Å². The lowest BCUT2D eigenvalue weighted by Gasteiger charge is -2.26. The summed E-state index contributed by atoms with van der Waals surface area (Å²) >= 11 is 0. The number of methoxy groups -OCH3 is 1. The molecule has 1 aromatic carbocycles. The number of ether oxygens (including phenoxy) is 2. The van der Waals surface area contributed by atoms with Gasteiger partial charge in [-0.15, -0.1) is 13.2 Å². The van der Waals surface area contributed by atoms with Gasteiger partial charge in [0.2, 0.25) is 5.91 Å². The van der Waals surface area contributed by atoms with Crippen LogP contribution in [-0.2, 0) is 4.79 Å². The second kappa shape index (κ2) is 12.9. The van der Waals surface area contributed by atoms with E-state index in [0.717, 1.165) is 44.0 Å². The number of nitrogens with zero attached hydrogens (tertiary/aromatic N) is 1. The van der Waals surface area contributed by atoms with Crippen LogP contribution in [0.15, 0.2) is 49.6 Å². The number of hydrogen-bond donors (Lipinski definition) is 1. The summed E-state index contributed by atoms with van der Waals surface area (Å²) in [6.07, 6.45) is 11.7. The molecule has 0 aliphatic heterocycles. The number of carbonyl (C=O) groups excluding carboxylic acids is 1. The normalized spacial score (nSPS) is 18.9. The molecule has 1 aliphatic carbocycles. The van der Waals surface area contributed by atoms with Gasteiger partial charge in [0.15, 0.2) is 11.5 Å². The Hall–Kier alpha value is -2.53. The van der Waals surface area contributed by atoms with E-state index >= 15 is 0 Å². The summed E-state index contributed by atoms with van der Waals surface area (Å²) in [6, 6.07) is 5.98. The molecule has 0 spiro atoms. The van der Waals surface area contributed by atoms with E-state index in [4.69, 9.17) is 9.47 Å². The smallest absolute Gasteiger partial charge is 0.244 e. The average molecular weight is 413 g/mol. The SMILES string of the molecule is C=CCN(CC=C)CCOc1ccc(/C=C/C(=O)N[C@H]2CC[C@H](C)CC2)cc1OC. The molecule has 1 aliphatic rings. The number of amides is 1. The minimum Gasteiger partial charge on any atom is -0.493 e. The second-order valence-corrected chi connectivity index (χ2v) is 7.89. The van der Waals surface area contributed by atoms with E-state index in [1.165, 1.54) is 12.8 Å². The van der Waals surface area contributed by atoms with Crippen molar-refractivity contribution >= 4 is 12.0 Å². The van der Waals surface area contributed by atoms with Gasteiger partial charge in [0, 0.05) is 31.8 Å². The number of hydrogen-bond acceptors (Lipinski definition) is 4. The molecule has 1 fully saturated rings. The summed E-state index contributed by atoms with van der Waals surface area (Å²) in [6.45, 7) is 12.7. The Balaban J connectivity index is 1.88. The Labute approximate surface area is 181 Å². The van der Waals surface area contributed by atoms with Gasteiger partial charge in [-0.2, -0.15) is 0 Å². The minimum atomic E-state index is -0.0432. The topological polar surface area (TPSA) is 50.8 Å². The Bertz CT molecular complexity index is 711. The molecule has 1 amide bonds. The third kappa shape index (κ3) is 8.07. The standard InChI is InChI=1S/C25H36N2O3/c1-5-15-27(16-6-2)17-18-30-23-13-9-21(19-24(23)29-4)10-14-25(28)26-22-11-7-20(3)8-12-22/h5-6,9-10,13-14,19-20,22H,1-2,7-8,11-12,15-18H2,3-4H3,(H,26,28)/b14-10+/t20-,22-. The highest BCUT2D eigenvalue weighted by atomic mass is 16.5. The van der Waals surface area contributed by atoms with Crippen molar-refractivity contribution in [2.24, 2.45) is 5.92 Å². The van der Waals surface area contributed by atoms with Crippen LogP contribution < -0.4 is 14.8 Å². The fourth-order valence-corrected chi connectivity index (χ4v) is 3.64. The van der Waals surface area contributed by atoms with Crippen LogP contribution in [0.3, 0.4) is 0 Å². The van der Waals surface area contributed by atoms with E-state index in [1.807, 2.05) is 36.4 Å². The van der Waals surface area contributed by atoms with Crippen molar-refractivity contribution in [1.82, 2.24) is 10.2 Å².